The van der Waals surface area contributed by atoms with E-state index in [0.717, 1.165) is 44.9 Å². The number of piperazine rings is 1. The Morgan fingerprint density at radius 2 is 1.67 bits per heavy atom. The van der Waals surface area contributed by atoms with E-state index < -0.39 is 11.7 Å². The molecule has 1 fully saturated rings. The molecule has 0 unspecified atom stereocenters. The van der Waals surface area contributed by atoms with Crippen LogP contribution in [-0.2, 0) is 17.5 Å². The van der Waals surface area contributed by atoms with Gasteiger partial charge in [-0.2, -0.15) is 18.4 Å². The minimum Gasteiger partial charge on any atom is -0.322 e. The molecular formula is C22H25F3N4O+2. The summed E-state index contributed by atoms with van der Waals surface area (Å²) in [5, 5.41) is 11.6. The topological polar surface area (TPSA) is 61.8 Å². The lowest BCUT2D eigenvalue weighted by Gasteiger charge is -2.32. The van der Waals surface area contributed by atoms with Crippen LogP contribution in [0.2, 0.25) is 0 Å². The number of benzene rings is 2. The van der Waals surface area contributed by atoms with Gasteiger partial charge < -0.3 is 15.1 Å². The van der Waals surface area contributed by atoms with Gasteiger partial charge in [-0.1, -0.05) is 12.1 Å². The number of amides is 1. The van der Waals surface area contributed by atoms with E-state index in [1.54, 1.807) is 0 Å². The number of carbonyl (C=O) groups is 1. The Labute approximate surface area is 173 Å². The highest BCUT2D eigenvalue weighted by molar-refractivity contribution is 5.93. The lowest BCUT2D eigenvalue weighted by Crippen LogP contribution is -3.29. The molecule has 3 N–H and O–H groups in total. The summed E-state index contributed by atoms with van der Waals surface area (Å²) in [5.41, 5.74) is 1.46. The molecule has 0 radical (unpaired) electrons. The molecule has 8 heteroatoms. The number of halogens is 3. The van der Waals surface area contributed by atoms with E-state index in [1.165, 1.54) is 27.5 Å². The van der Waals surface area contributed by atoms with E-state index in [-0.39, 0.29) is 11.9 Å². The third-order valence-electron chi connectivity index (χ3n) is 5.62. The van der Waals surface area contributed by atoms with Gasteiger partial charge in [0.1, 0.15) is 32.7 Å². The average molecular weight is 418 g/mol. The minimum absolute atomic E-state index is 0.194. The Hall–Kier alpha value is -2.89. The fraction of sp³-hybridized carbons (Fsp3) is 0.364. The minimum atomic E-state index is -4.39. The molecule has 1 saturated heterocycles. The van der Waals surface area contributed by atoms with Crippen LogP contribution in [0.15, 0.2) is 48.5 Å². The molecule has 5 nitrogen and oxygen atoms in total. The summed E-state index contributed by atoms with van der Waals surface area (Å²) in [5.74, 6) is -0.194. The van der Waals surface area contributed by atoms with Crippen LogP contribution >= 0.6 is 0 Å². The number of nitriles is 1. The third kappa shape index (κ3) is 5.59. The maximum Gasteiger partial charge on any atom is 0.416 e. The van der Waals surface area contributed by atoms with Crippen molar-refractivity contribution >= 4 is 11.6 Å². The first-order chi connectivity index (χ1) is 14.3. The molecule has 1 aliphatic rings. The van der Waals surface area contributed by atoms with Gasteiger partial charge >= 0.3 is 6.18 Å². The standard InChI is InChI=1S/C22H23F3N4O/c1-16(21(30)27-20-8-6-19(7-9-20)22(23,24)25)29-12-10-28(11-13-29)15-18-4-2-17(14-26)3-5-18/h2-9,16H,10-13,15H2,1H3,(H,27,30)/p+2/t16-/m1/s1. The van der Waals surface area contributed by atoms with Crippen molar-refractivity contribution in [1.29, 1.82) is 5.26 Å². The highest BCUT2D eigenvalue weighted by Gasteiger charge is 2.32. The van der Waals surface area contributed by atoms with E-state index in [9.17, 15) is 18.0 Å². The van der Waals surface area contributed by atoms with Crippen LogP contribution in [0.25, 0.3) is 0 Å². The molecule has 158 valence electrons. The van der Waals surface area contributed by atoms with E-state index in [4.69, 9.17) is 5.26 Å². The summed E-state index contributed by atoms with van der Waals surface area (Å²) in [6.07, 6.45) is -4.39. The molecule has 30 heavy (non-hydrogen) atoms. The molecule has 2 aromatic carbocycles. The molecule has 0 saturated carbocycles. The molecule has 1 heterocycles. The lowest BCUT2D eigenvalue weighted by molar-refractivity contribution is -1.02. The van der Waals surface area contributed by atoms with Crippen LogP contribution in [-0.4, -0.2) is 38.1 Å². The second-order valence-electron chi connectivity index (χ2n) is 7.68. The number of quaternary nitrogens is 2. The van der Waals surface area contributed by atoms with Crippen molar-refractivity contribution in [3.63, 3.8) is 0 Å². The van der Waals surface area contributed by atoms with Gasteiger partial charge in [-0.15, -0.1) is 0 Å². The monoisotopic (exact) mass is 418 g/mol. The molecule has 1 aliphatic heterocycles. The molecule has 0 spiro atoms. The molecule has 1 amide bonds. The largest absolute Gasteiger partial charge is 0.416 e. The number of rotatable bonds is 5. The van der Waals surface area contributed by atoms with Crippen molar-refractivity contribution < 1.29 is 27.8 Å². The maximum absolute atomic E-state index is 12.7. The average Bonchev–Trinajstić information content (AvgIpc) is 2.74. The van der Waals surface area contributed by atoms with Crippen molar-refractivity contribution in [2.75, 3.05) is 31.5 Å². The highest BCUT2D eigenvalue weighted by atomic mass is 19.4. The van der Waals surface area contributed by atoms with Gasteiger partial charge in [0.25, 0.3) is 5.91 Å². The summed E-state index contributed by atoms with van der Waals surface area (Å²) >= 11 is 0. The van der Waals surface area contributed by atoms with E-state index in [2.05, 4.69) is 11.4 Å². The summed E-state index contributed by atoms with van der Waals surface area (Å²) in [6, 6.07) is 13.9. The Morgan fingerprint density at radius 1 is 1.07 bits per heavy atom. The van der Waals surface area contributed by atoms with Crippen LogP contribution in [0.1, 0.15) is 23.6 Å². The maximum atomic E-state index is 12.7. The quantitative estimate of drug-likeness (QED) is 0.676. The number of nitrogens with zero attached hydrogens (tertiary/aromatic N) is 1. The zero-order valence-electron chi connectivity index (χ0n) is 16.7. The molecular weight excluding hydrogens is 393 g/mol. The van der Waals surface area contributed by atoms with Gasteiger partial charge in [-0.05, 0) is 43.3 Å². The zero-order valence-corrected chi connectivity index (χ0v) is 16.7. The van der Waals surface area contributed by atoms with Crippen molar-refractivity contribution in [3.8, 4) is 6.07 Å². The molecule has 0 aromatic heterocycles. The SMILES string of the molecule is C[C@H](C(=O)Nc1ccc(C(F)(F)F)cc1)[NH+]1CC[NH+](Cc2ccc(C#N)cc2)CC1. The predicted octanol–water partition coefficient (Wildman–Crippen LogP) is 0.888. The van der Waals surface area contributed by atoms with Gasteiger partial charge in [0.2, 0.25) is 0 Å². The van der Waals surface area contributed by atoms with Gasteiger partial charge in [0.05, 0.1) is 17.2 Å². The summed E-state index contributed by atoms with van der Waals surface area (Å²) < 4.78 is 38.0. The Morgan fingerprint density at radius 3 is 2.20 bits per heavy atom. The number of carbonyl (C=O) groups excluding carboxylic acids is 1. The van der Waals surface area contributed by atoms with Gasteiger partial charge in [0, 0.05) is 11.3 Å². The second kappa shape index (κ2) is 9.28. The normalized spacial score (nSPS) is 20.2. The third-order valence-corrected chi connectivity index (χ3v) is 5.62. The molecule has 0 aliphatic carbocycles. The van der Waals surface area contributed by atoms with Crippen molar-refractivity contribution in [2.45, 2.75) is 25.7 Å². The first kappa shape index (κ1) is 21.8. The summed E-state index contributed by atoms with van der Waals surface area (Å²) in [6.45, 7) is 6.26. The van der Waals surface area contributed by atoms with E-state index in [0.29, 0.717) is 11.3 Å². The van der Waals surface area contributed by atoms with Gasteiger partial charge in [0.15, 0.2) is 6.04 Å². The predicted molar refractivity (Wildman–Crippen MR) is 106 cm³/mol. The summed E-state index contributed by atoms with van der Waals surface area (Å²) in [4.78, 5) is 15.1. The Bertz CT molecular complexity index is 896. The lowest BCUT2D eigenvalue weighted by atomic mass is 10.1. The second-order valence-corrected chi connectivity index (χ2v) is 7.68. The van der Waals surface area contributed by atoms with Crippen LogP contribution in [0.3, 0.4) is 0 Å². The number of alkyl halides is 3. The van der Waals surface area contributed by atoms with Crippen molar-refractivity contribution in [1.82, 2.24) is 0 Å². The number of nitrogens with one attached hydrogen (secondary N) is 3. The van der Waals surface area contributed by atoms with Crippen molar-refractivity contribution in [2.24, 2.45) is 0 Å². The van der Waals surface area contributed by atoms with Crippen molar-refractivity contribution in [3.05, 3.63) is 65.2 Å². The number of hydrogen-bond acceptors (Lipinski definition) is 2. The van der Waals surface area contributed by atoms with Gasteiger partial charge in [-0.3, -0.25) is 4.79 Å². The molecule has 3 rings (SSSR count). The van der Waals surface area contributed by atoms with Gasteiger partial charge in [-0.25, -0.2) is 0 Å². The van der Waals surface area contributed by atoms with E-state index in [1.807, 2.05) is 31.2 Å². The summed E-state index contributed by atoms with van der Waals surface area (Å²) in [7, 11) is 0. The van der Waals surface area contributed by atoms with Crippen LogP contribution in [0.5, 0.6) is 0 Å². The Balaban J connectivity index is 1.48. The van der Waals surface area contributed by atoms with Crippen LogP contribution < -0.4 is 15.1 Å². The van der Waals surface area contributed by atoms with Crippen LogP contribution in [0.4, 0.5) is 18.9 Å². The number of anilines is 1. The zero-order chi connectivity index (χ0) is 21.7. The first-order valence-corrected chi connectivity index (χ1v) is 9.91. The molecule has 0 bridgehead atoms. The van der Waals surface area contributed by atoms with E-state index >= 15 is 0 Å². The number of hydrogen-bond donors (Lipinski definition) is 3. The fourth-order valence-electron chi connectivity index (χ4n) is 3.70. The molecule has 2 aromatic rings. The molecule has 1 atom stereocenters. The highest BCUT2D eigenvalue weighted by Crippen LogP contribution is 2.29. The fourth-order valence-corrected chi connectivity index (χ4v) is 3.70. The Kier molecular flexibility index (Phi) is 6.75. The van der Waals surface area contributed by atoms with Crippen LogP contribution in [0, 0.1) is 11.3 Å². The first-order valence-electron chi connectivity index (χ1n) is 9.91. The smallest absolute Gasteiger partial charge is 0.322 e.